The van der Waals surface area contributed by atoms with Gasteiger partial charge < -0.3 is 10.6 Å². The van der Waals surface area contributed by atoms with Gasteiger partial charge in [0.2, 0.25) is 0 Å². The summed E-state index contributed by atoms with van der Waals surface area (Å²) in [6.07, 6.45) is 0. The molecule has 20 heavy (non-hydrogen) atoms. The maximum atomic E-state index is 5.91. The molecule has 0 unspecified atom stereocenters. The van der Waals surface area contributed by atoms with E-state index in [4.69, 9.17) is 11.6 Å². The van der Waals surface area contributed by atoms with Crippen molar-refractivity contribution in [1.29, 1.82) is 0 Å². The summed E-state index contributed by atoms with van der Waals surface area (Å²) in [6, 6.07) is 7.76. The molecular formula is C14H17ClN4S. The van der Waals surface area contributed by atoms with Gasteiger partial charge in [0.15, 0.2) is 5.96 Å². The van der Waals surface area contributed by atoms with Crippen molar-refractivity contribution in [3.8, 4) is 11.3 Å². The fourth-order valence-corrected chi connectivity index (χ4v) is 2.86. The third-order valence-electron chi connectivity index (χ3n) is 2.83. The van der Waals surface area contributed by atoms with Crippen LogP contribution < -0.4 is 10.6 Å². The molecule has 1 heterocycles. The van der Waals surface area contributed by atoms with E-state index in [0.29, 0.717) is 6.54 Å². The van der Waals surface area contributed by atoms with Gasteiger partial charge in [-0.1, -0.05) is 23.7 Å². The summed E-state index contributed by atoms with van der Waals surface area (Å²) in [5.41, 5.74) is 2.11. The van der Waals surface area contributed by atoms with Gasteiger partial charge >= 0.3 is 0 Å². The Morgan fingerprint density at radius 2 is 2.05 bits per heavy atom. The number of thiazole rings is 1. The van der Waals surface area contributed by atoms with Crippen LogP contribution in [0.2, 0.25) is 5.02 Å². The lowest BCUT2D eigenvalue weighted by molar-refractivity contribution is 0.858. The van der Waals surface area contributed by atoms with Gasteiger partial charge in [-0.25, -0.2) is 4.98 Å². The highest BCUT2D eigenvalue weighted by Crippen LogP contribution is 2.28. The van der Waals surface area contributed by atoms with Gasteiger partial charge in [0.25, 0.3) is 0 Å². The summed E-state index contributed by atoms with van der Waals surface area (Å²) in [5, 5.41) is 7.95. The molecule has 0 fully saturated rings. The van der Waals surface area contributed by atoms with Crippen LogP contribution in [-0.4, -0.2) is 25.0 Å². The Kier molecular flexibility index (Phi) is 4.98. The first-order valence-electron chi connectivity index (χ1n) is 6.24. The Hall–Kier alpha value is -1.59. The van der Waals surface area contributed by atoms with E-state index in [0.717, 1.165) is 27.2 Å². The first kappa shape index (κ1) is 14.8. The Balaban J connectivity index is 2.15. The van der Waals surface area contributed by atoms with E-state index in [9.17, 15) is 0 Å². The van der Waals surface area contributed by atoms with Crippen LogP contribution in [0.5, 0.6) is 0 Å². The van der Waals surface area contributed by atoms with Gasteiger partial charge in [-0.15, -0.1) is 11.3 Å². The number of hydrogen-bond donors (Lipinski definition) is 2. The SMILES string of the molecule is CN=C(NC)NCc1nc(-c2ccc(Cl)cc2)c(C)s1. The number of guanidine groups is 1. The van der Waals surface area contributed by atoms with E-state index in [1.807, 2.05) is 31.3 Å². The maximum Gasteiger partial charge on any atom is 0.191 e. The zero-order chi connectivity index (χ0) is 14.5. The zero-order valence-electron chi connectivity index (χ0n) is 11.7. The second-order valence-electron chi connectivity index (χ2n) is 4.20. The van der Waals surface area contributed by atoms with Crippen LogP contribution in [0.1, 0.15) is 9.88 Å². The lowest BCUT2D eigenvalue weighted by atomic mass is 10.1. The molecule has 0 saturated carbocycles. The summed E-state index contributed by atoms with van der Waals surface area (Å²) < 4.78 is 0. The molecule has 0 atom stereocenters. The maximum absolute atomic E-state index is 5.91. The molecule has 6 heteroatoms. The molecule has 0 bridgehead atoms. The number of aliphatic imine (C=N–C) groups is 1. The van der Waals surface area contributed by atoms with Crippen LogP contribution >= 0.6 is 22.9 Å². The third-order valence-corrected chi connectivity index (χ3v) is 4.05. The van der Waals surface area contributed by atoms with Crippen molar-refractivity contribution in [3.05, 3.63) is 39.2 Å². The molecule has 0 amide bonds. The number of nitrogens with one attached hydrogen (secondary N) is 2. The lowest BCUT2D eigenvalue weighted by Crippen LogP contribution is -2.33. The minimum Gasteiger partial charge on any atom is -0.359 e. The number of hydrogen-bond acceptors (Lipinski definition) is 3. The smallest absolute Gasteiger partial charge is 0.191 e. The highest BCUT2D eigenvalue weighted by Gasteiger charge is 2.10. The van der Waals surface area contributed by atoms with Crippen molar-refractivity contribution in [2.45, 2.75) is 13.5 Å². The number of nitrogens with zero attached hydrogens (tertiary/aromatic N) is 2. The van der Waals surface area contributed by atoms with Crippen LogP contribution in [0.25, 0.3) is 11.3 Å². The van der Waals surface area contributed by atoms with Crippen LogP contribution in [0.4, 0.5) is 0 Å². The standard InChI is InChI=1S/C14H17ClN4S/c1-9-13(10-4-6-11(15)7-5-10)19-12(20-9)8-18-14(16-2)17-3/h4-7H,8H2,1-3H3,(H2,16,17,18). The normalized spacial score (nSPS) is 11.5. The minimum absolute atomic E-state index is 0.659. The molecule has 2 aromatic rings. The number of rotatable bonds is 3. The molecule has 2 N–H and O–H groups in total. The number of benzene rings is 1. The first-order chi connectivity index (χ1) is 9.63. The average molecular weight is 309 g/mol. The van der Waals surface area contributed by atoms with Crippen molar-refractivity contribution in [2.24, 2.45) is 4.99 Å². The van der Waals surface area contributed by atoms with Crippen molar-refractivity contribution in [3.63, 3.8) is 0 Å². The van der Waals surface area contributed by atoms with E-state index >= 15 is 0 Å². The average Bonchev–Trinajstić information content (AvgIpc) is 2.82. The molecule has 4 nitrogen and oxygen atoms in total. The molecule has 2 rings (SSSR count). The van der Waals surface area contributed by atoms with Crippen LogP contribution in [-0.2, 0) is 6.54 Å². The molecule has 1 aromatic carbocycles. The minimum atomic E-state index is 0.659. The van der Waals surface area contributed by atoms with Gasteiger partial charge in [-0.05, 0) is 19.1 Å². The largest absolute Gasteiger partial charge is 0.359 e. The topological polar surface area (TPSA) is 49.3 Å². The van der Waals surface area contributed by atoms with E-state index in [1.165, 1.54) is 4.88 Å². The molecule has 0 aliphatic heterocycles. The van der Waals surface area contributed by atoms with Gasteiger partial charge in [-0.2, -0.15) is 0 Å². The van der Waals surface area contributed by atoms with E-state index < -0.39 is 0 Å². The third kappa shape index (κ3) is 3.49. The van der Waals surface area contributed by atoms with E-state index in [1.54, 1.807) is 18.4 Å². The molecule has 0 spiro atoms. The number of aryl methyl sites for hydroxylation is 1. The van der Waals surface area contributed by atoms with Gasteiger partial charge in [-0.3, -0.25) is 4.99 Å². The van der Waals surface area contributed by atoms with Crippen molar-refractivity contribution >= 4 is 28.9 Å². The Bertz CT molecular complexity index is 604. The summed E-state index contributed by atoms with van der Waals surface area (Å²) in [6.45, 7) is 2.74. The molecule has 0 saturated heterocycles. The molecule has 0 radical (unpaired) electrons. The summed E-state index contributed by atoms with van der Waals surface area (Å²) in [5.74, 6) is 0.755. The number of aromatic nitrogens is 1. The van der Waals surface area contributed by atoms with Gasteiger partial charge in [0.05, 0.1) is 12.2 Å². The molecule has 106 valence electrons. The van der Waals surface area contributed by atoms with Crippen molar-refractivity contribution in [1.82, 2.24) is 15.6 Å². The lowest BCUT2D eigenvalue weighted by Gasteiger charge is -2.05. The Morgan fingerprint density at radius 1 is 1.35 bits per heavy atom. The zero-order valence-corrected chi connectivity index (χ0v) is 13.3. The molecular weight excluding hydrogens is 292 g/mol. The summed E-state index contributed by atoms with van der Waals surface area (Å²) >= 11 is 7.60. The Labute approximate surface area is 127 Å². The first-order valence-corrected chi connectivity index (χ1v) is 7.44. The highest BCUT2D eigenvalue weighted by atomic mass is 35.5. The van der Waals surface area contributed by atoms with Crippen molar-refractivity contribution in [2.75, 3.05) is 14.1 Å². The molecule has 1 aromatic heterocycles. The van der Waals surface area contributed by atoms with Crippen LogP contribution in [0, 0.1) is 6.92 Å². The van der Waals surface area contributed by atoms with Crippen LogP contribution in [0.3, 0.4) is 0 Å². The van der Waals surface area contributed by atoms with Gasteiger partial charge in [0, 0.05) is 29.6 Å². The second-order valence-corrected chi connectivity index (χ2v) is 5.92. The monoisotopic (exact) mass is 308 g/mol. The fraction of sp³-hybridized carbons (Fsp3) is 0.286. The van der Waals surface area contributed by atoms with Gasteiger partial charge in [0.1, 0.15) is 5.01 Å². The summed E-state index contributed by atoms with van der Waals surface area (Å²) in [7, 11) is 3.58. The highest BCUT2D eigenvalue weighted by molar-refractivity contribution is 7.12. The van der Waals surface area contributed by atoms with Crippen LogP contribution in [0.15, 0.2) is 29.3 Å². The molecule has 0 aliphatic rings. The number of halogens is 1. The summed E-state index contributed by atoms with van der Waals surface area (Å²) in [4.78, 5) is 9.95. The predicted molar refractivity (Wildman–Crippen MR) is 86.6 cm³/mol. The fourth-order valence-electron chi connectivity index (χ4n) is 1.84. The predicted octanol–water partition coefficient (Wildman–Crippen LogP) is 3.07. The Morgan fingerprint density at radius 3 is 2.65 bits per heavy atom. The molecule has 0 aliphatic carbocycles. The second kappa shape index (κ2) is 6.72. The van der Waals surface area contributed by atoms with Crippen molar-refractivity contribution < 1.29 is 0 Å². The quantitative estimate of drug-likeness (QED) is 0.677. The van der Waals surface area contributed by atoms with E-state index in [-0.39, 0.29) is 0 Å². The van der Waals surface area contributed by atoms with E-state index in [2.05, 4.69) is 27.5 Å².